The molecule has 2 aromatic heterocycles. The van der Waals surface area contributed by atoms with Gasteiger partial charge < -0.3 is 4.42 Å². The fraction of sp³-hybridized carbons (Fsp3) is 0.333. The van der Waals surface area contributed by atoms with Gasteiger partial charge in [0.1, 0.15) is 5.58 Å². The minimum Gasteiger partial charge on any atom is -0.463 e. The van der Waals surface area contributed by atoms with Crippen molar-refractivity contribution in [1.29, 1.82) is 0 Å². The molecule has 1 atom stereocenters. The molecular formula is C12H11NO3S. The third-order valence-electron chi connectivity index (χ3n) is 3.10. The lowest BCUT2D eigenvalue weighted by atomic mass is 9.92. The zero-order valence-electron chi connectivity index (χ0n) is 9.28. The van der Waals surface area contributed by atoms with Crippen molar-refractivity contribution in [2.75, 3.05) is 0 Å². The number of imide groups is 1. The SMILES string of the molecule is Cc1csc2c(C3CCC(=O)NC3=O)coc12. The molecule has 1 N–H and O–H groups in total. The molecule has 5 heteroatoms. The summed E-state index contributed by atoms with van der Waals surface area (Å²) in [6.45, 7) is 1.98. The Morgan fingerprint density at radius 2 is 2.29 bits per heavy atom. The average molecular weight is 249 g/mol. The summed E-state index contributed by atoms with van der Waals surface area (Å²) in [5.41, 5.74) is 2.85. The molecule has 0 saturated carbocycles. The molecule has 4 nitrogen and oxygen atoms in total. The van der Waals surface area contributed by atoms with E-state index in [1.165, 1.54) is 0 Å². The van der Waals surface area contributed by atoms with Crippen molar-refractivity contribution in [3.8, 4) is 0 Å². The molecule has 0 spiro atoms. The van der Waals surface area contributed by atoms with Gasteiger partial charge in [0.25, 0.3) is 0 Å². The Labute approximate surface area is 102 Å². The van der Waals surface area contributed by atoms with Crippen molar-refractivity contribution in [3.05, 3.63) is 22.8 Å². The first-order chi connectivity index (χ1) is 8.16. The van der Waals surface area contributed by atoms with E-state index < -0.39 is 0 Å². The fourth-order valence-corrected chi connectivity index (χ4v) is 3.23. The smallest absolute Gasteiger partial charge is 0.234 e. The largest absolute Gasteiger partial charge is 0.463 e. The molecule has 0 bridgehead atoms. The van der Waals surface area contributed by atoms with E-state index in [4.69, 9.17) is 4.42 Å². The van der Waals surface area contributed by atoms with Crippen LogP contribution in [-0.2, 0) is 9.59 Å². The molecule has 3 rings (SSSR count). The maximum Gasteiger partial charge on any atom is 0.234 e. The van der Waals surface area contributed by atoms with Gasteiger partial charge in [-0.1, -0.05) is 0 Å². The van der Waals surface area contributed by atoms with Crippen LogP contribution in [-0.4, -0.2) is 11.8 Å². The number of nitrogens with one attached hydrogen (secondary N) is 1. The number of carbonyl (C=O) groups excluding carboxylic acids is 2. The summed E-state index contributed by atoms with van der Waals surface area (Å²) in [6, 6.07) is 0. The van der Waals surface area contributed by atoms with Gasteiger partial charge in [0.2, 0.25) is 11.8 Å². The minimum atomic E-state index is -0.257. The standard InChI is InChI=1S/C12H11NO3S/c1-6-5-17-11-8(4-16-10(6)11)7-2-3-9(14)13-12(7)15/h4-5,7H,2-3H2,1H3,(H,13,14,15). The Morgan fingerprint density at radius 3 is 3.06 bits per heavy atom. The zero-order valence-corrected chi connectivity index (χ0v) is 10.1. The molecule has 88 valence electrons. The van der Waals surface area contributed by atoms with Crippen LogP contribution in [0.5, 0.6) is 0 Å². The van der Waals surface area contributed by atoms with Crippen molar-refractivity contribution in [2.24, 2.45) is 0 Å². The number of amides is 2. The topological polar surface area (TPSA) is 59.3 Å². The highest BCUT2D eigenvalue weighted by Gasteiger charge is 2.31. The van der Waals surface area contributed by atoms with Gasteiger partial charge in [-0.25, -0.2) is 0 Å². The van der Waals surface area contributed by atoms with E-state index in [-0.39, 0.29) is 17.7 Å². The number of aryl methyl sites for hydroxylation is 1. The van der Waals surface area contributed by atoms with Crippen molar-refractivity contribution in [1.82, 2.24) is 5.32 Å². The number of furan rings is 1. The second-order valence-corrected chi connectivity index (χ2v) is 5.15. The van der Waals surface area contributed by atoms with Crippen molar-refractivity contribution in [2.45, 2.75) is 25.7 Å². The fourth-order valence-electron chi connectivity index (χ4n) is 2.19. The molecule has 1 unspecified atom stereocenters. The van der Waals surface area contributed by atoms with E-state index in [2.05, 4.69) is 5.32 Å². The second kappa shape index (κ2) is 3.70. The summed E-state index contributed by atoms with van der Waals surface area (Å²) < 4.78 is 6.52. The van der Waals surface area contributed by atoms with Gasteiger partial charge >= 0.3 is 0 Å². The van der Waals surface area contributed by atoms with Gasteiger partial charge in [-0.15, -0.1) is 11.3 Å². The first-order valence-electron chi connectivity index (χ1n) is 5.45. The lowest BCUT2D eigenvalue weighted by Crippen LogP contribution is -2.39. The summed E-state index contributed by atoms with van der Waals surface area (Å²) in [4.78, 5) is 22.9. The van der Waals surface area contributed by atoms with Crippen molar-refractivity contribution >= 4 is 33.4 Å². The van der Waals surface area contributed by atoms with Crippen LogP contribution in [0, 0.1) is 6.92 Å². The third kappa shape index (κ3) is 1.58. The van der Waals surface area contributed by atoms with Gasteiger partial charge in [0, 0.05) is 17.5 Å². The predicted octanol–water partition coefficient (Wildman–Crippen LogP) is 2.32. The van der Waals surface area contributed by atoms with Crippen LogP contribution in [0.4, 0.5) is 0 Å². The quantitative estimate of drug-likeness (QED) is 0.789. The molecule has 3 heterocycles. The molecule has 17 heavy (non-hydrogen) atoms. The molecule has 0 radical (unpaired) electrons. The minimum absolute atomic E-state index is 0.187. The lowest BCUT2D eigenvalue weighted by Gasteiger charge is -2.19. The first-order valence-corrected chi connectivity index (χ1v) is 6.33. The van der Waals surface area contributed by atoms with E-state index in [9.17, 15) is 9.59 Å². The number of piperidine rings is 1. The van der Waals surface area contributed by atoms with Gasteiger partial charge in [0.05, 0.1) is 16.9 Å². The molecule has 0 aliphatic carbocycles. The summed E-state index contributed by atoms with van der Waals surface area (Å²) >= 11 is 1.59. The van der Waals surface area contributed by atoms with Crippen LogP contribution in [0.1, 0.15) is 29.9 Å². The second-order valence-electron chi connectivity index (χ2n) is 4.27. The third-order valence-corrected chi connectivity index (χ3v) is 4.23. The summed E-state index contributed by atoms with van der Waals surface area (Å²) in [6.07, 6.45) is 2.61. The van der Waals surface area contributed by atoms with Crippen LogP contribution in [0.2, 0.25) is 0 Å². The van der Waals surface area contributed by atoms with Crippen LogP contribution in [0.25, 0.3) is 10.3 Å². The highest BCUT2D eigenvalue weighted by molar-refractivity contribution is 7.17. The Bertz CT molecular complexity index is 610. The zero-order chi connectivity index (χ0) is 12.0. The van der Waals surface area contributed by atoms with E-state index in [1.54, 1.807) is 17.6 Å². The molecule has 1 saturated heterocycles. The number of rotatable bonds is 1. The summed E-state index contributed by atoms with van der Waals surface area (Å²) in [5, 5.41) is 4.39. The molecule has 0 aromatic carbocycles. The number of hydrogen-bond acceptors (Lipinski definition) is 4. The van der Waals surface area contributed by atoms with Crippen LogP contribution >= 0.6 is 11.3 Å². The normalized spacial score (nSPS) is 20.9. The Balaban J connectivity index is 2.03. The number of fused-ring (bicyclic) bond motifs is 1. The maximum absolute atomic E-state index is 11.8. The molecule has 1 aliphatic rings. The highest BCUT2D eigenvalue weighted by atomic mass is 32.1. The summed E-state index contributed by atoms with van der Waals surface area (Å²) in [7, 11) is 0. The lowest BCUT2D eigenvalue weighted by molar-refractivity contribution is -0.134. The molecule has 2 amide bonds. The van der Waals surface area contributed by atoms with Gasteiger partial charge in [-0.2, -0.15) is 0 Å². The molecule has 2 aromatic rings. The molecule has 1 aliphatic heterocycles. The Hall–Kier alpha value is -1.62. The van der Waals surface area contributed by atoms with E-state index >= 15 is 0 Å². The number of thiophene rings is 1. The van der Waals surface area contributed by atoms with Crippen molar-refractivity contribution < 1.29 is 14.0 Å². The average Bonchev–Trinajstić information content (AvgIpc) is 2.83. The van der Waals surface area contributed by atoms with E-state index in [0.717, 1.165) is 21.4 Å². The van der Waals surface area contributed by atoms with Gasteiger partial charge in [-0.05, 0) is 18.7 Å². The maximum atomic E-state index is 11.8. The number of carbonyl (C=O) groups is 2. The van der Waals surface area contributed by atoms with E-state index in [0.29, 0.717) is 12.8 Å². The van der Waals surface area contributed by atoms with Crippen molar-refractivity contribution in [3.63, 3.8) is 0 Å². The first kappa shape index (κ1) is 10.5. The number of hydrogen-bond donors (Lipinski definition) is 1. The summed E-state index contributed by atoms with van der Waals surface area (Å²) in [5.74, 6) is -0.657. The van der Waals surface area contributed by atoms with E-state index in [1.807, 2.05) is 12.3 Å². The van der Waals surface area contributed by atoms with Crippen LogP contribution in [0.15, 0.2) is 16.1 Å². The van der Waals surface area contributed by atoms with Crippen LogP contribution < -0.4 is 5.32 Å². The van der Waals surface area contributed by atoms with Gasteiger partial charge in [0.15, 0.2) is 0 Å². The van der Waals surface area contributed by atoms with Gasteiger partial charge in [-0.3, -0.25) is 14.9 Å². The predicted molar refractivity (Wildman–Crippen MR) is 64.0 cm³/mol. The molecule has 1 fully saturated rings. The molecular weight excluding hydrogens is 238 g/mol. The highest BCUT2D eigenvalue weighted by Crippen LogP contribution is 2.37. The Kier molecular flexibility index (Phi) is 2.29. The Morgan fingerprint density at radius 1 is 1.47 bits per heavy atom. The van der Waals surface area contributed by atoms with Crippen LogP contribution in [0.3, 0.4) is 0 Å². The monoisotopic (exact) mass is 249 g/mol.